The van der Waals surface area contributed by atoms with Crippen LogP contribution in [0.2, 0.25) is 0 Å². The molecule has 2 rings (SSSR count). The van der Waals surface area contributed by atoms with E-state index in [1.165, 1.54) is 19.3 Å². The SMILES string of the molecule is CNC1CCCCC1c1nc(COC)no1. The normalized spacial score (nSPS) is 25.9. The minimum Gasteiger partial charge on any atom is -0.377 e. The van der Waals surface area contributed by atoms with Crippen LogP contribution in [0.1, 0.15) is 43.3 Å². The van der Waals surface area contributed by atoms with Crippen LogP contribution in [-0.4, -0.2) is 30.3 Å². The minimum atomic E-state index is 0.358. The van der Waals surface area contributed by atoms with Gasteiger partial charge in [0.25, 0.3) is 0 Å². The third-order valence-electron chi connectivity index (χ3n) is 3.21. The number of methoxy groups -OCH3 is 1. The molecule has 5 heteroatoms. The fraction of sp³-hybridized carbons (Fsp3) is 0.818. The van der Waals surface area contributed by atoms with E-state index in [2.05, 4.69) is 15.5 Å². The first-order valence-electron chi connectivity index (χ1n) is 5.84. The number of ether oxygens (including phenoxy) is 1. The van der Waals surface area contributed by atoms with E-state index in [0.717, 1.165) is 12.3 Å². The van der Waals surface area contributed by atoms with Crippen molar-refractivity contribution in [2.45, 2.75) is 44.2 Å². The van der Waals surface area contributed by atoms with Crippen molar-refractivity contribution >= 4 is 0 Å². The summed E-state index contributed by atoms with van der Waals surface area (Å²) in [7, 11) is 3.63. The molecule has 1 saturated carbocycles. The average molecular weight is 225 g/mol. The van der Waals surface area contributed by atoms with Crippen molar-refractivity contribution in [3.8, 4) is 0 Å². The Bertz CT molecular complexity index is 327. The first-order valence-corrected chi connectivity index (χ1v) is 5.84. The summed E-state index contributed by atoms with van der Waals surface area (Å²) in [6.07, 6.45) is 4.83. The quantitative estimate of drug-likeness (QED) is 0.840. The fourth-order valence-corrected chi connectivity index (χ4v) is 2.38. The van der Waals surface area contributed by atoms with E-state index in [4.69, 9.17) is 9.26 Å². The fourth-order valence-electron chi connectivity index (χ4n) is 2.38. The lowest BCUT2D eigenvalue weighted by molar-refractivity contribution is 0.174. The molecule has 0 radical (unpaired) electrons. The highest BCUT2D eigenvalue weighted by Gasteiger charge is 2.29. The van der Waals surface area contributed by atoms with Gasteiger partial charge in [-0.25, -0.2) is 0 Å². The van der Waals surface area contributed by atoms with E-state index in [1.54, 1.807) is 7.11 Å². The molecule has 1 aliphatic rings. The van der Waals surface area contributed by atoms with E-state index in [9.17, 15) is 0 Å². The minimum absolute atomic E-state index is 0.358. The maximum Gasteiger partial charge on any atom is 0.231 e. The molecule has 0 bridgehead atoms. The summed E-state index contributed by atoms with van der Waals surface area (Å²) >= 11 is 0. The summed E-state index contributed by atoms with van der Waals surface area (Å²) in [5.74, 6) is 1.75. The first kappa shape index (κ1) is 11.5. The van der Waals surface area contributed by atoms with Gasteiger partial charge >= 0.3 is 0 Å². The van der Waals surface area contributed by atoms with Crippen LogP contribution in [0.5, 0.6) is 0 Å². The Morgan fingerprint density at radius 2 is 2.25 bits per heavy atom. The summed E-state index contributed by atoms with van der Waals surface area (Å²) in [6.45, 7) is 0.417. The van der Waals surface area contributed by atoms with Crippen LogP contribution < -0.4 is 5.32 Å². The highest BCUT2D eigenvalue weighted by molar-refractivity contribution is 5.00. The molecule has 1 N–H and O–H groups in total. The molecular weight excluding hydrogens is 206 g/mol. The largest absolute Gasteiger partial charge is 0.377 e. The predicted octanol–water partition coefficient (Wildman–Crippen LogP) is 1.46. The maximum absolute atomic E-state index is 5.31. The molecule has 1 fully saturated rings. The number of likely N-dealkylation sites (N-methyl/N-ethyl adjacent to an activating group) is 1. The van der Waals surface area contributed by atoms with Crippen LogP contribution in [0.3, 0.4) is 0 Å². The van der Waals surface area contributed by atoms with Gasteiger partial charge in [-0.2, -0.15) is 4.98 Å². The summed E-state index contributed by atoms with van der Waals surface area (Å²) in [5.41, 5.74) is 0. The van der Waals surface area contributed by atoms with Gasteiger partial charge in [-0.3, -0.25) is 0 Å². The Hall–Kier alpha value is -0.940. The molecule has 2 atom stereocenters. The third-order valence-corrected chi connectivity index (χ3v) is 3.21. The second kappa shape index (κ2) is 5.41. The Labute approximate surface area is 95.6 Å². The molecule has 0 saturated heterocycles. The molecule has 1 heterocycles. The molecule has 0 spiro atoms. The van der Waals surface area contributed by atoms with Gasteiger partial charge in [-0.15, -0.1) is 0 Å². The second-order valence-corrected chi connectivity index (χ2v) is 4.27. The van der Waals surface area contributed by atoms with Crippen LogP contribution in [0.25, 0.3) is 0 Å². The van der Waals surface area contributed by atoms with Gasteiger partial charge in [-0.05, 0) is 19.9 Å². The van der Waals surface area contributed by atoms with Gasteiger partial charge in [0.1, 0.15) is 6.61 Å². The lowest BCUT2D eigenvalue weighted by atomic mass is 9.84. The Morgan fingerprint density at radius 3 is 3.00 bits per heavy atom. The number of nitrogens with zero attached hydrogens (tertiary/aromatic N) is 2. The molecule has 16 heavy (non-hydrogen) atoms. The summed E-state index contributed by atoms with van der Waals surface area (Å²) < 4.78 is 10.3. The average Bonchev–Trinajstić information content (AvgIpc) is 2.78. The molecule has 2 unspecified atom stereocenters. The summed E-state index contributed by atoms with van der Waals surface area (Å²) in [6, 6.07) is 0.463. The lowest BCUT2D eigenvalue weighted by Gasteiger charge is -2.28. The second-order valence-electron chi connectivity index (χ2n) is 4.27. The maximum atomic E-state index is 5.31. The molecule has 1 aliphatic carbocycles. The molecule has 0 amide bonds. The molecule has 5 nitrogen and oxygen atoms in total. The molecule has 1 aromatic heterocycles. The number of nitrogens with one attached hydrogen (secondary N) is 1. The number of hydrogen-bond donors (Lipinski definition) is 1. The van der Waals surface area contributed by atoms with Crippen molar-refractivity contribution in [1.29, 1.82) is 0 Å². The van der Waals surface area contributed by atoms with E-state index < -0.39 is 0 Å². The van der Waals surface area contributed by atoms with Gasteiger partial charge in [0.05, 0.1) is 5.92 Å². The Morgan fingerprint density at radius 1 is 1.44 bits per heavy atom. The van der Waals surface area contributed by atoms with Crippen LogP contribution in [0.15, 0.2) is 4.52 Å². The zero-order valence-corrected chi connectivity index (χ0v) is 9.90. The monoisotopic (exact) mass is 225 g/mol. The molecular formula is C11H19N3O2. The highest BCUT2D eigenvalue weighted by Crippen LogP contribution is 2.31. The van der Waals surface area contributed by atoms with Gasteiger partial charge < -0.3 is 14.6 Å². The number of aromatic nitrogens is 2. The van der Waals surface area contributed by atoms with E-state index in [1.807, 2.05) is 7.05 Å². The van der Waals surface area contributed by atoms with Crippen molar-refractivity contribution in [2.75, 3.05) is 14.2 Å². The molecule has 0 aliphatic heterocycles. The highest BCUT2D eigenvalue weighted by atomic mass is 16.5. The van der Waals surface area contributed by atoms with Gasteiger partial charge in [0.2, 0.25) is 5.89 Å². The van der Waals surface area contributed by atoms with Crippen LogP contribution in [0, 0.1) is 0 Å². The third kappa shape index (κ3) is 2.41. The predicted molar refractivity (Wildman–Crippen MR) is 59.1 cm³/mol. The van der Waals surface area contributed by atoms with Crippen LogP contribution >= 0.6 is 0 Å². The Balaban J connectivity index is 2.08. The van der Waals surface area contributed by atoms with Crippen molar-refractivity contribution in [3.05, 3.63) is 11.7 Å². The Kier molecular flexibility index (Phi) is 3.90. The number of rotatable bonds is 4. The summed E-state index contributed by atoms with van der Waals surface area (Å²) in [5, 5.41) is 7.25. The van der Waals surface area contributed by atoms with E-state index in [0.29, 0.717) is 24.4 Å². The topological polar surface area (TPSA) is 60.2 Å². The summed E-state index contributed by atoms with van der Waals surface area (Å²) in [4.78, 5) is 4.38. The van der Waals surface area contributed by atoms with Crippen molar-refractivity contribution in [2.24, 2.45) is 0 Å². The van der Waals surface area contributed by atoms with Crippen molar-refractivity contribution < 1.29 is 9.26 Å². The molecule has 1 aromatic rings. The first-order chi connectivity index (χ1) is 7.85. The number of hydrogen-bond acceptors (Lipinski definition) is 5. The molecule has 0 aromatic carbocycles. The standard InChI is InChI=1S/C11H19N3O2/c1-12-9-6-4-3-5-8(9)11-13-10(7-15-2)14-16-11/h8-9,12H,3-7H2,1-2H3. The van der Waals surface area contributed by atoms with Gasteiger partial charge in [-0.1, -0.05) is 18.0 Å². The van der Waals surface area contributed by atoms with Gasteiger partial charge in [0, 0.05) is 13.2 Å². The molecule has 90 valence electrons. The zero-order valence-electron chi connectivity index (χ0n) is 9.90. The smallest absolute Gasteiger partial charge is 0.231 e. The van der Waals surface area contributed by atoms with Gasteiger partial charge in [0.15, 0.2) is 5.82 Å². The van der Waals surface area contributed by atoms with Crippen LogP contribution in [-0.2, 0) is 11.3 Å². The van der Waals surface area contributed by atoms with Crippen LogP contribution in [0.4, 0.5) is 0 Å². The lowest BCUT2D eigenvalue weighted by Crippen LogP contribution is -2.34. The zero-order chi connectivity index (χ0) is 11.4. The van der Waals surface area contributed by atoms with E-state index in [-0.39, 0.29) is 0 Å². The van der Waals surface area contributed by atoms with Crippen molar-refractivity contribution in [3.63, 3.8) is 0 Å². The van der Waals surface area contributed by atoms with E-state index >= 15 is 0 Å². The van der Waals surface area contributed by atoms with Crippen molar-refractivity contribution in [1.82, 2.24) is 15.5 Å².